The van der Waals surface area contributed by atoms with Crippen LogP contribution in [0, 0.1) is 0 Å². The van der Waals surface area contributed by atoms with Gasteiger partial charge in [-0.25, -0.2) is 0 Å². The third-order valence-electron chi connectivity index (χ3n) is 10.6. The molecule has 0 amide bonds. The van der Waals surface area contributed by atoms with Crippen LogP contribution in [-0.4, -0.2) is 75.5 Å². The van der Waals surface area contributed by atoms with Gasteiger partial charge in [-0.3, -0.25) is 9.59 Å². The lowest BCUT2D eigenvalue weighted by Crippen LogP contribution is -2.55. The van der Waals surface area contributed by atoms with E-state index in [1.807, 2.05) is 0 Å². The van der Waals surface area contributed by atoms with Gasteiger partial charge in [-0.15, -0.1) is 0 Å². The van der Waals surface area contributed by atoms with E-state index in [1.165, 1.54) is 19.3 Å². The summed E-state index contributed by atoms with van der Waals surface area (Å²) in [5, 5.41) is 11.7. The van der Waals surface area contributed by atoms with Crippen molar-refractivity contribution in [1.29, 1.82) is 0 Å². The molecule has 0 N–H and O–H groups in total. The van der Waals surface area contributed by atoms with Crippen molar-refractivity contribution in [3.8, 4) is 0 Å². The molecular formula is C58H93NO7. The number of aliphatic carboxylic acids is 1. The number of esters is 2. The van der Waals surface area contributed by atoms with Gasteiger partial charge in [-0.2, -0.15) is 0 Å². The van der Waals surface area contributed by atoms with E-state index in [-0.39, 0.29) is 49.1 Å². The largest absolute Gasteiger partial charge is 0.544 e. The molecule has 0 radical (unpaired) electrons. The SMILES string of the molecule is CC/C=C/C/C=C/C/C=C/C/C=C/C/C=C/C/C=C/CCCCCC(=O)OC(COCCC(C(=O)[O-])[N+](C)(C)C)COC(=O)CCCCCCCCC/C=C/C/C=C/C/C=C/C/C=C/CC. The van der Waals surface area contributed by atoms with Gasteiger partial charge >= 0.3 is 11.9 Å². The number of rotatable bonds is 44. The number of carboxylic acid groups (broad SMARTS) is 1. The average molecular weight is 916 g/mol. The van der Waals surface area contributed by atoms with E-state index in [0.29, 0.717) is 12.8 Å². The highest BCUT2D eigenvalue weighted by molar-refractivity contribution is 5.70. The third kappa shape index (κ3) is 44.9. The summed E-state index contributed by atoms with van der Waals surface area (Å²) in [5.74, 6) is -1.81. The van der Waals surface area contributed by atoms with E-state index < -0.39 is 18.1 Å². The summed E-state index contributed by atoms with van der Waals surface area (Å²) in [6.07, 6.45) is 66.5. The fourth-order valence-electron chi connectivity index (χ4n) is 6.71. The van der Waals surface area contributed by atoms with Gasteiger partial charge in [-0.1, -0.05) is 174 Å². The number of hydrogen-bond acceptors (Lipinski definition) is 7. The lowest BCUT2D eigenvalue weighted by atomic mass is 10.1. The third-order valence-corrected chi connectivity index (χ3v) is 10.6. The Morgan fingerprint density at radius 1 is 0.455 bits per heavy atom. The number of allylic oxidation sites excluding steroid dienone is 20. The molecule has 66 heavy (non-hydrogen) atoms. The number of quaternary nitrogens is 1. The topological polar surface area (TPSA) is 102 Å². The van der Waals surface area contributed by atoms with Crippen molar-refractivity contribution < 1.29 is 38.2 Å². The fraction of sp³-hybridized carbons (Fsp3) is 0.603. The smallest absolute Gasteiger partial charge is 0.306 e. The second kappa shape index (κ2) is 47.2. The van der Waals surface area contributed by atoms with Gasteiger partial charge in [-0.05, 0) is 103 Å². The Morgan fingerprint density at radius 2 is 0.803 bits per heavy atom. The summed E-state index contributed by atoms with van der Waals surface area (Å²) in [6, 6.07) is -0.743. The maximum atomic E-state index is 12.8. The minimum atomic E-state index is -1.14. The highest BCUT2D eigenvalue weighted by Crippen LogP contribution is 2.13. The molecule has 0 aromatic rings. The zero-order chi connectivity index (χ0) is 48.4. The standard InChI is InChI=1S/C58H93NO7/c1-6-8-10-12-14-16-18-20-22-24-26-28-29-31-33-35-37-39-41-43-45-47-49-57(61)66-54(52-64-51-50-55(58(62)63)59(3,4)5)53-65-56(60)48-46-44-42-40-38-36-34-32-30-27-25-23-21-19-17-15-13-11-9-7-2/h8-11,14-17,20-23,26-28,30-31,33,37,39,54-55H,6-7,12-13,18-19,24-25,29,32,34-36,38,40-53H2,1-5H3/b10-8+,11-9+,16-14+,17-15+,22-20+,23-21+,28-26+,30-27+,33-31+,39-37+. The summed E-state index contributed by atoms with van der Waals surface area (Å²) in [5.41, 5.74) is 0. The maximum Gasteiger partial charge on any atom is 0.306 e. The summed E-state index contributed by atoms with van der Waals surface area (Å²) in [4.78, 5) is 37.1. The van der Waals surface area contributed by atoms with E-state index >= 15 is 0 Å². The molecule has 0 saturated heterocycles. The first-order chi connectivity index (χ1) is 32.1. The predicted molar refractivity (Wildman–Crippen MR) is 277 cm³/mol. The van der Waals surface area contributed by atoms with Gasteiger partial charge in [0.1, 0.15) is 12.6 Å². The quantitative estimate of drug-likeness (QED) is 0.0260. The molecule has 0 aromatic heterocycles. The number of unbranched alkanes of at least 4 members (excludes halogenated alkanes) is 10. The zero-order valence-electron chi connectivity index (χ0n) is 42.3. The van der Waals surface area contributed by atoms with Crippen LogP contribution in [0.3, 0.4) is 0 Å². The second-order valence-electron chi connectivity index (χ2n) is 17.6. The molecule has 0 aromatic carbocycles. The van der Waals surface area contributed by atoms with Crippen molar-refractivity contribution in [3.05, 3.63) is 122 Å². The summed E-state index contributed by atoms with van der Waals surface area (Å²) < 4.78 is 17.2. The average Bonchev–Trinajstić information content (AvgIpc) is 3.28. The summed E-state index contributed by atoms with van der Waals surface area (Å²) in [7, 11) is 5.39. The van der Waals surface area contributed by atoms with Gasteiger partial charge in [0.25, 0.3) is 0 Å². The van der Waals surface area contributed by atoms with Crippen molar-refractivity contribution in [2.75, 3.05) is 41.0 Å². The second-order valence-corrected chi connectivity index (χ2v) is 17.6. The van der Waals surface area contributed by atoms with Gasteiger partial charge < -0.3 is 28.6 Å². The molecular weight excluding hydrogens is 823 g/mol. The van der Waals surface area contributed by atoms with E-state index in [2.05, 4.69) is 135 Å². The van der Waals surface area contributed by atoms with Crippen LogP contribution in [0.1, 0.15) is 174 Å². The molecule has 0 aliphatic carbocycles. The van der Waals surface area contributed by atoms with Crippen molar-refractivity contribution in [1.82, 2.24) is 0 Å². The van der Waals surface area contributed by atoms with Crippen LogP contribution in [0.2, 0.25) is 0 Å². The molecule has 0 saturated carbocycles. The molecule has 0 heterocycles. The molecule has 0 aliphatic rings. The van der Waals surface area contributed by atoms with E-state index in [4.69, 9.17) is 14.2 Å². The number of likely N-dealkylation sites (N-methyl/N-ethyl adjacent to an activating group) is 1. The lowest BCUT2D eigenvalue weighted by molar-refractivity contribution is -0.889. The fourth-order valence-corrected chi connectivity index (χ4v) is 6.71. The number of carbonyl (C=O) groups is 3. The molecule has 8 heteroatoms. The van der Waals surface area contributed by atoms with Gasteiger partial charge in [0.05, 0.1) is 40.3 Å². The Bertz CT molecular complexity index is 1490. The monoisotopic (exact) mass is 916 g/mol. The Hall–Kier alpha value is -4.27. The van der Waals surface area contributed by atoms with Gasteiger partial charge in [0, 0.05) is 19.3 Å². The minimum Gasteiger partial charge on any atom is -0.544 e. The normalized spacial score (nSPS) is 13.9. The first-order valence-corrected chi connectivity index (χ1v) is 25.6. The Kier molecular flexibility index (Phi) is 44.2. The minimum absolute atomic E-state index is 0.0148. The highest BCUT2D eigenvalue weighted by Gasteiger charge is 2.25. The van der Waals surface area contributed by atoms with Crippen LogP contribution < -0.4 is 5.11 Å². The van der Waals surface area contributed by atoms with E-state index in [1.54, 1.807) is 21.1 Å². The molecule has 0 aliphatic heterocycles. The van der Waals surface area contributed by atoms with Crippen LogP contribution in [0.15, 0.2) is 122 Å². The van der Waals surface area contributed by atoms with Crippen LogP contribution >= 0.6 is 0 Å². The zero-order valence-corrected chi connectivity index (χ0v) is 42.3. The van der Waals surface area contributed by atoms with Gasteiger partial charge in [0.15, 0.2) is 6.10 Å². The first-order valence-electron chi connectivity index (χ1n) is 25.6. The molecule has 0 rings (SSSR count). The number of carboxylic acids is 1. The number of ether oxygens (including phenoxy) is 3. The van der Waals surface area contributed by atoms with Crippen LogP contribution in [0.4, 0.5) is 0 Å². The number of nitrogens with zero attached hydrogens (tertiary/aromatic N) is 1. The van der Waals surface area contributed by atoms with Crippen LogP contribution in [0.5, 0.6) is 0 Å². The number of carbonyl (C=O) groups excluding carboxylic acids is 3. The van der Waals surface area contributed by atoms with Crippen molar-refractivity contribution >= 4 is 17.9 Å². The first kappa shape index (κ1) is 61.7. The molecule has 2 atom stereocenters. The van der Waals surface area contributed by atoms with Crippen molar-refractivity contribution in [3.63, 3.8) is 0 Å². The molecule has 0 bridgehead atoms. The number of hydrogen-bond donors (Lipinski definition) is 0. The highest BCUT2D eigenvalue weighted by atomic mass is 16.6. The molecule has 8 nitrogen and oxygen atoms in total. The Morgan fingerprint density at radius 3 is 1.20 bits per heavy atom. The van der Waals surface area contributed by atoms with E-state index in [0.717, 1.165) is 116 Å². The maximum absolute atomic E-state index is 12.8. The van der Waals surface area contributed by atoms with Crippen LogP contribution in [-0.2, 0) is 28.6 Å². The molecule has 0 spiro atoms. The Labute approximate surface area is 403 Å². The van der Waals surface area contributed by atoms with Crippen molar-refractivity contribution in [2.24, 2.45) is 0 Å². The van der Waals surface area contributed by atoms with Crippen molar-refractivity contribution in [2.45, 2.75) is 187 Å². The van der Waals surface area contributed by atoms with E-state index in [9.17, 15) is 19.5 Å². The molecule has 0 fully saturated rings. The van der Waals surface area contributed by atoms with Gasteiger partial charge in [0.2, 0.25) is 0 Å². The van der Waals surface area contributed by atoms with Crippen LogP contribution in [0.25, 0.3) is 0 Å². The predicted octanol–water partition coefficient (Wildman–Crippen LogP) is 13.6. The molecule has 2 unspecified atom stereocenters. The summed E-state index contributed by atoms with van der Waals surface area (Å²) >= 11 is 0. The summed E-state index contributed by atoms with van der Waals surface area (Å²) in [6.45, 7) is 4.37. The Balaban J connectivity index is 4.38. The molecule has 372 valence electrons. The lowest BCUT2D eigenvalue weighted by Gasteiger charge is -2.34.